The lowest BCUT2D eigenvalue weighted by Gasteiger charge is -2.14. The van der Waals surface area contributed by atoms with Crippen LogP contribution in [0.2, 0.25) is 0 Å². The van der Waals surface area contributed by atoms with Gasteiger partial charge in [0.2, 0.25) is 0 Å². The molecule has 0 saturated heterocycles. The van der Waals surface area contributed by atoms with E-state index in [1.807, 2.05) is 36.4 Å². The van der Waals surface area contributed by atoms with E-state index in [4.69, 9.17) is 4.42 Å². The van der Waals surface area contributed by atoms with E-state index < -0.39 is 0 Å². The van der Waals surface area contributed by atoms with Gasteiger partial charge in [0.25, 0.3) is 0 Å². The summed E-state index contributed by atoms with van der Waals surface area (Å²) in [4.78, 5) is 0. The van der Waals surface area contributed by atoms with Crippen molar-refractivity contribution < 1.29 is 4.42 Å². The van der Waals surface area contributed by atoms with E-state index >= 15 is 0 Å². The third-order valence-electron chi connectivity index (χ3n) is 2.68. The van der Waals surface area contributed by atoms with E-state index in [0.29, 0.717) is 0 Å². The Morgan fingerprint density at radius 2 is 1.94 bits per heavy atom. The Morgan fingerprint density at radius 1 is 1.17 bits per heavy atom. The molecule has 96 valence electrons. The molecule has 0 aliphatic heterocycles. The maximum Gasteiger partial charge on any atom is 0.120 e. The molecule has 1 heterocycles. The molecule has 0 saturated carbocycles. The summed E-state index contributed by atoms with van der Waals surface area (Å²) < 4.78 is 5.43. The van der Waals surface area contributed by atoms with Gasteiger partial charge in [-0.1, -0.05) is 36.4 Å². The van der Waals surface area contributed by atoms with E-state index in [9.17, 15) is 0 Å². The van der Waals surface area contributed by atoms with Gasteiger partial charge in [-0.15, -0.1) is 19.0 Å². The van der Waals surface area contributed by atoms with Gasteiger partial charge in [-0.25, -0.2) is 0 Å². The van der Waals surface area contributed by atoms with Crippen LogP contribution in [-0.4, -0.2) is 0 Å². The van der Waals surface area contributed by atoms with E-state index in [-0.39, 0.29) is 18.4 Å². The molecule has 0 fully saturated rings. The van der Waals surface area contributed by atoms with Crippen LogP contribution in [0.1, 0.15) is 23.8 Å². The highest BCUT2D eigenvalue weighted by Gasteiger charge is 2.11. The van der Waals surface area contributed by atoms with E-state index in [0.717, 1.165) is 18.7 Å². The molecule has 2 aromatic rings. The van der Waals surface area contributed by atoms with Crippen LogP contribution < -0.4 is 5.32 Å². The van der Waals surface area contributed by atoms with E-state index in [1.165, 1.54) is 5.56 Å². The average Bonchev–Trinajstić information content (AvgIpc) is 2.89. The fourth-order valence-electron chi connectivity index (χ4n) is 1.79. The summed E-state index contributed by atoms with van der Waals surface area (Å²) in [6.07, 6.45) is 4.47. The summed E-state index contributed by atoms with van der Waals surface area (Å²) in [6, 6.07) is 14.4. The molecule has 2 nitrogen and oxygen atoms in total. The molecule has 0 aliphatic rings. The molecule has 1 aromatic heterocycles. The second-order valence-corrected chi connectivity index (χ2v) is 3.96. The Labute approximate surface area is 114 Å². The minimum atomic E-state index is 0. The van der Waals surface area contributed by atoms with Gasteiger partial charge in [-0.05, 0) is 24.1 Å². The smallest absolute Gasteiger partial charge is 0.120 e. The fraction of sp³-hybridized carbons (Fsp3) is 0.200. The second kappa shape index (κ2) is 7.75. The number of rotatable bonds is 6. The van der Waals surface area contributed by atoms with Crippen molar-refractivity contribution in [3.63, 3.8) is 0 Å². The molecule has 1 aromatic carbocycles. The Kier molecular flexibility index (Phi) is 6.26. The number of hydrogen-bond acceptors (Lipinski definition) is 2. The van der Waals surface area contributed by atoms with Crippen LogP contribution in [0.15, 0.2) is 65.8 Å². The Morgan fingerprint density at radius 3 is 2.56 bits per heavy atom. The molecule has 0 amide bonds. The lowest BCUT2D eigenvalue weighted by Crippen LogP contribution is -2.19. The standard InChI is InChI=1S/C15H17NO.ClH/c1-2-7-14(15-10-6-11-17-15)16-12-13-8-4-3-5-9-13;/h2-6,8-11,14,16H,1,7,12H2;1H. The van der Waals surface area contributed by atoms with Gasteiger partial charge in [0.15, 0.2) is 0 Å². The molecule has 1 N–H and O–H groups in total. The number of halogens is 1. The topological polar surface area (TPSA) is 25.2 Å². The van der Waals surface area contributed by atoms with Crippen LogP contribution in [0, 0.1) is 0 Å². The Balaban J connectivity index is 0.00000162. The van der Waals surface area contributed by atoms with Crippen LogP contribution >= 0.6 is 12.4 Å². The highest BCUT2D eigenvalue weighted by molar-refractivity contribution is 5.85. The van der Waals surface area contributed by atoms with Crippen LogP contribution in [0.4, 0.5) is 0 Å². The third-order valence-corrected chi connectivity index (χ3v) is 2.68. The molecule has 0 radical (unpaired) electrons. The van der Waals surface area contributed by atoms with E-state index in [2.05, 4.69) is 24.0 Å². The van der Waals surface area contributed by atoms with Crippen LogP contribution in [0.3, 0.4) is 0 Å². The van der Waals surface area contributed by atoms with Crippen LogP contribution in [0.5, 0.6) is 0 Å². The summed E-state index contributed by atoms with van der Waals surface area (Å²) in [5.41, 5.74) is 1.27. The van der Waals surface area contributed by atoms with E-state index in [1.54, 1.807) is 6.26 Å². The molecular formula is C15H18ClNO. The SMILES string of the molecule is C=CCC(NCc1ccccc1)c1ccco1.Cl. The summed E-state index contributed by atoms with van der Waals surface area (Å²) in [7, 11) is 0. The molecule has 1 unspecified atom stereocenters. The number of nitrogens with one attached hydrogen (secondary N) is 1. The van der Waals surface area contributed by atoms with Crippen molar-refractivity contribution in [2.45, 2.75) is 19.0 Å². The molecule has 0 spiro atoms. The zero-order valence-electron chi connectivity index (χ0n) is 10.2. The predicted octanol–water partition coefficient (Wildman–Crippen LogP) is 4.11. The molecular weight excluding hydrogens is 246 g/mol. The zero-order valence-corrected chi connectivity index (χ0v) is 11.0. The van der Waals surface area contributed by atoms with Crippen molar-refractivity contribution in [3.8, 4) is 0 Å². The predicted molar refractivity (Wildman–Crippen MR) is 76.8 cm³/mol. The van der Waals surface area contributed by atoms with Crippen molar-refractivity contribution in [2.75, 3.05) is 0 Å². The van der Waals surface area contributed by atoms with Gasteiger partial charge in [0, 0.05) is 6.54 Å². The minimum Gasteiger partial charge on any atom is -0.468 e. The number of benzene rings is 1. The first-order chi connectivity index (χ1) is 8.40. The van der Waals surface area contributed by atoms with Crippen molar-refractivity contribution in [1.82, 2.24) is 5.32 Å². The normalized spacial score (nSPS) is 11.6. The van der Waals surface area contributed by atoms with Crippen molar-refractivity contribution >= 4 is 12.4 Å². The molecule has 18 heavy (non-hydrogen) atoms. The molecule has 1 atom stereocenters. The summed E-state index contributed by atoms with van der Waals surface area (Å²) in [5.74, 6) is 0.959. The second-order valence-electron chi connectivity index (χ2n) is 3.96. The quantitative estimate of drug-likeness (QED) is 0.794. The average molecular weight is 264 g/mol. The van der Waals surface area contributed by atoms with Gasteiger partial charge < -0.3 is 9.73 Å². The molecule has 0 aliphatic carbocycles. The summed E-state index contributed by atoms with van der Waals surface area (Å²) in [5, 5.41) is 3.47. The first-order valence-corrected chi connectivity index (χ1v) is 5.82. The van der Waals surface area contributed by atoms with Gasteiger partial charge >= 0.3 is 0 Å². The first kappa shape index (κ1) is 14.6. The Bertz CT molecular complexity index is 439. The number of furan rings is 1. The highest BCUT2D eigenvalue weighted by atomic mass is 35.5. The lowest BCUT2D eigenvalue weighted by atomic mass is 10.1. The minimum absolute atomic E-state index is 0. The Hall–Kier alpha value is -1.51. The number of hydrogen-bond donors (Lipinski definition) is 1. The fourth-order valence-corrected chi connectivity index (χ4v) is 1.79. The van der Waals surface area contributed by atoms with Crippen LogP contribution in [0.25, 0.3) is 0 Å². The molecule has 2 rings (SSSR count). The van der Waals surface area contributed by atoms with Gasteiger partial charge in [0.1, 0.15) is 5.76 Å². The van der Waals surface area contributed by atoms with Gasteiger partial charge in [0.05, 0.1) is 12.3 Å². The first-order valence-electron chi connectivity index (χ1n) is 5.82. The molecule has 3 heteroatoms. The monoisotopic (exact) mass is 263 g/mol. The summed E-state index contributed by atoms with van der Waals surface area (Å²) >= 11 is 0. The van der Waals surface area contributed by atoms with Gasteiger partial charge in [-0.2, -0.15) is 0 Å². The zero-order chi connectivity index (χ0) is 11.9. The van der Waals surface area contributed by atoms with Crippen LogP contribution in [-0.2, 0) is 6.54 Å². The molecule has 0 bridgehead atoms. The van der Waals surface area contributed by atoms with Crippen molar-refractivity contribution in [2.24, 2.45) is 0 Å². The van der Waals surface area contributed by atoms with Crippen molar-refractivity contribution in [3.05, 3.63) is 72.7 Å². The summed E-state index contributed by atoms with van der Waals surface area (Å²) in [6.45, 7) is 4.62. The third kappa shape index (κ3) is 4.06. The lowest BCUT2D eigenvalue weighted by molar-refractivity contribution is 0.413. The highest BCUT2D eigenvalue weighted by Crippen LogP contribution is 2.18. The van der Waals surface area contributed by atoms with Gasteiger partial charge in [-0.3, -0.25) is 0 Å². The van der Waals surface area contributed by atoms with Crippen molar-refractivity contribution in [1.29, 1.82) is 0 Å². The maximum absolute atomic E-state index is 5.43. The maximum atomic E-state index is 5.43. The largest absolute Gasteiger partial charge is 0.468 e.